The summed E-state index contributed by atoms with van der Waals surface area (Å²) < 4.78 is 8.27. The number of thioether (sulfide) groups is 1. The number of carbonyl (C=O) groups is 2. The Balaban J connectivity index is 1.79. The molecule has 0 unspecified atom stereocenters. The van der Waals surface area contributed by atoms with E-state index in [1.807, 2.05) is 6.92 Å². The third-order valence-electron chi connectivity index (χ3n) is 2.88. The maximum atomic E-state index is 11.9. The van der Waals surface area contributed by atoms with Gasteiger partial charge in [-0.1, -0.05) is 0 Å². The zero-order valence-electron chi connectivity index (χ0n) is 12.3. The number of amides is 2. The largest absolute Gasteiger partial charge is 0.355 e. The highest BCUT2D eigenvalue weighted by Crippen LogP contribution is 2.15. The molecular weight excluding hydrogens is 320 g/mol. The van der Waals surface area contributed by atoms with E-state index in [0.717, 1.165) is 11.4 Å². The van der Waals surface area contributed by atoms with Gasteiger partial charge in [-0.2, -0.15) is 8.75 Å². The third-order valence-corrected chi connectivity index (χ3v) is 4.48. The third kappa shape index (κ3) is 4.54. The quantitative estimate of drug-likeness (QED) is 0.844. The molecule has 22 heavy (non-hydrogen) atoms. The Morgan fingerprint density at radius 1 is 1.23 bits per heavy atom. The second kappa shape index (κ2) is 7.90. The van der Waals surface area contributed by atoms with E-state index in [-0.39, 0.29) is 11.8 Å². The fourth-order valence-electron chi connectivity index (χ4n) is 1.67. The predicted molar refractivity (Wildman–Crippen MR) is 89.3 cm³/mol. The molecule has 1 aromatic heterocycles. The summed E-state index contributed by atoms with van der Waals surface area (Å²) in [5.41, 5.74) is 3.08. The lowest BCUT2D eigenvalue weighted by atomic mass is 10.2. The van der Waals surface area contributed by atoms with E-state index >= 15 is 0 Å². The zero-order chi connectivity index (χ0) is 15.9. The summed E-state index contributed by atoms with van der Waals surface area (Å²) in [7, 11) is 1.58. The van der Waals surface area contributed by atoms with Gasteiger partial charge in [0.1, 0.15) is 0 Å². The molecule has 0 bridgehead atoms. The molecule has 2 aromatic rings. The van der Waals surface area contributed by atoms with Gasteiger partial charge >= 0.3 is 0 Å². The molecule has 0 radical (unpaired) electrons. The van der Waals surface area contributed by atoms with Crippen molar-refractivity contribution in [1.82, 2.24) is 14.1 Å². The van der Waals surface area contributed by atoms with Crippen molar-refractivity contribution in [2.45, 2.75) is 12.7 Å². The first-order chi connectivity index (χ1) is 10.6. The summed E-state index contributed by atoms with van der Waals surface area (Å²) in [4.78, 5) is 23.3. The lowest BCUT2D eigenvalue weighted by molar-refractivity contribution is -0.113. The van der Waals surface area contributed by atoms with Crippen molar-refractivity contribution in [1.29, 1.82) is 0 Å². The number of rotatable bonds is 6. The van der Waals surface area contributed by atoms with Crippen LogP contribution in [0.2, 0.25) is 0 Å². The van der Waals surface area contributed by atoms with E-state index in [1.165, 1.54) is 23.5 Å². The van der Waals surface area contributed by atoms with E-state index in [9.17, 15) is 9.59 Å². The maximum absolute atomic E-state index is 11.9. The van der Waals surface area contributed by atoms with Gasteiger partial charge in [0.25, 0.3) is 5.91 Å². The molecule has 0 aliphatic carbocycles. The van der Waals surface area contributed by atoms with Crippen molar-refractivity contribution in [3.8, 4) is 0 Å². The van der Waals surface area contributed by atoms with Crippen molar-refractivity contribution in [2.75, 3.05) is 18.1 Å². The number of carbonyl (C=O) groups excluding carboxylic acids is 2. The van der Waals surface area contributed by atoms with Gasteiger partial charge in [0.2, 0.25) is 5.91 Å². The van der Waals surface area contributed by atoms with Crippen LogP contribution in [0.25, 0.3) is 0 Å². The van der Waals surface area contributed by atoms with Gasteiger partial charge in [0, 0.05) is 24.1 Å². The van der Waals surface area contributed by atoms with Crippen molar-refractivity contribution >= 4 is 41.0 Å². The molecule has 0 atom stereocenters. The van der Waals surface area contributed by atoms with Gasteiger partial charge < -0.3 is 10.6 Å². The zero-order valence-corrected chi connectivity index (χ0v) is 13.9. The van der Waals surface area contributed by atoms with Crippen LogP contribution >= 0.6 is 23.5 Å². The van der Waals surface area contributed by atoms with Gasteiger partial charge in [0.05, 0.1) is 28.9 Å². The Hall–Kier alpha value is -1.93. The Bertz CT molecular complexity index is 655. The molecule has 0 fully saturated rings. The monoisotopic (exact) mass is 336 g/mol. The standard InChI is InChI=1S/C14H16N4O2S2/c1-9-12(18-22-17-9)7-21-8-13(19)16-11-5-3-10(4-6-11)14(20)15-2/h3-6H,7-8H2,1-2H3,(H,15,20)(H,16,19). The number of aromatic nitrogens is 2. The van der Waals surface area contributed by atoms with Crippen LogP contribution in [0.4, 0.5) is 5.69 Å². The molecule has 6 nitrogen and oxygen atoms in total. The molecule has 1 aromatic carbocycles. The predicted octanol–water partition coefficient (Wildman–Crippen LogP) is 2.08. The molecule has 0 saturated carbocycles. The minimum Gasteiger partial charge on any atom is -0.355 e. The van der Waals surface area contributed by atoms with Gasteiger partial charge in [-0.25, -0.2) is 0 Å². The number of benzene rings is 1. The second-order valence-corrected chi connectivity index (χ2v) is 6.01. The fourth-order valence-corrected chi connectivity index (χ4v) is 3.14. The summed E-state index contributed by atoms with van der Waals surface area (Å²) in [6, 6.07) is 6.76. The van der Waals surface area contributed by atoms with Crippen molar-refractivity contribution in [2.24, 2.45) is 0 Å². The molecule has 2 rings (SSSR count). The normalized spacial score (nSPS) is 10.3. The number of hydrogen-bond acceptors (Lipinski definition) is 6. The molecule has 8 heteroatoms. The van der Waals surface area contributed by atoms with E-state index in [0.29, 0.717) is 22.8 Å². The summed E-state index contributed by atoms with van der Waals surface area (Å²) >= 11 is 2.68. The first-order valence-corrected chi connectivity index (χ1v) is 8.46. The Morgan fingerprint density at radius 2 is 1.95 bits per heavy atom. The molecule has 0 aliphatic rings. The SMILES string of the molecule is CNC(=O)c1ccc(NC(=O)CSCc2nsnc2C)cc1. The lowest BCUT2D eigenvalue weighted by Gasteiger charge is -2.06. The average Bonchev–Trinajstić information content (AvgIpc) is 2.92. The smallest absolute Gasteiger partial charge is 0.251 e. The first kappa shape index (κ1) is 16.4. The molecular formula is C14H16N4O2S2. The van der Waals surface area contributed by atoms with E-state index in [4.69, 9.17) is 0 Å². The summed E-state index contributed by atoms with van der Waals surface area (Å²) in [5.74, 6) is 0.777. The molecule has 2 amide bonds. The molecule has 0 aliphatic heterocycles. The number of hydrogen-bond donors (Lipinski definition) is 2. The summed E-state index contributed by atoms with van der Waals surface area (Å²) in [5, 5.41) is 5.34. The highest BCUT2D eigenvalue weighted by molar-refractivity contribution is 7.99. The van der Waals surface area contributed by atoms with Crippen LogP contribution in [0, 0.1) is 6.92 Å². The van der Waals surface area contributed by atoms with Gasteiger partial charge in [0.15, 0.2) is 0 Å². The summed E-state index contributed by atoms with van der Waals surface area (Å²) in [6.07, 6.45) is 0. The van der Waals surface area contributed by atoms with Crippen molar-refractivity contribution in [3.63, 3.8) is 0 Å². The Morgan fingerprint density at radius 3 is 2.55 bits per heavy atom. The molecule has 0 saturated heterocycles. The van der Waals surface area contributed by atoms with Crippen LogP contribution in [0.5, 0.6) is 0 Å². The molecule has 0 spiro atoms. The molecule has 116 valence electrons. The van der Waals surface area contributed by atoms with Gasteiger partial charge in [-0.05, 0) is 31.2 Å². The first-order valence-electron chi connectivity index (χ1n) is 6.58. The van der Waals surface area contributed by atoms with Gasteiger partial charge in [-0.15, -0.1) is 11.8 Å². The van der Waals surface area contributed by atoms with Crippen LogP contribution in [-0.2, 0) is 10.5 Å². The number of nitrogens with zero attached hydrogens (tertiary/aromatic N) is 2. The number of anilines is 1. The Labute approximate surface area is 137 Å². The number of aryl methyl sites for hydroxylation is 1. The average molecular weight is 336 g/mol. The van der Waals surface area contributed by atoms with E-state index < -0.39 is 0 Å². The van der Waals surface area contributed by atoms with E-state index in [1.54, 1.807) is 31.3 Å². The van der Waals surface area contributed by atoms with Crippen LogP contribution in [0.3, 0.4) is 0 Å². The fraction of sp³-hybridized carbons (Fsp3) is 0.286. The second-order valence-electron chi connectivity index (χ2n) is 4.49. The number of nitrogens with one attached hydrogen (secondary N) is 2. The minimum atomic E-state index is -0.152. The van der Waals surface area contributed by atoms with Gasteiger partial charge in [-0.3, -0.25) is 9.59 Å². The van der Waals surface area contributed by atoms with Crippen LogP contribution in [0.1, 0.15) is 21.7 Å². The maximum Gasteiger partial charge on any atom is 0.251 e. The molecule has 2 N–H and O–H groups in total. The van der Waals surface area contributed by atoms with Crippen LogP contribution in [-0.4, -0.2) is 33.4 Å². The van der Waals surface area contributed by atoms with E-state index in [2.05, 4.69) is 19.4 Å². The highest BCUT2D eigenvalue weighted by Gasteiger charge is 2.07. The molecule has 1 heterocycles. The topological polar surface area (TPSA) is 84.0 Å². The highest BCUT2D eigenvalue weighted by atomic mass is 32.2. The van der Waals surface area contributed by atoms with Crippen LogP contribution < -0.4 is 10.6 Å². The lowest BCUT2D eigenvalue weighted by Crippen LogP contribution is -2.18. The summed E-state index contributed by atoms with van der Waals surface area (Å²) in [6.45, 7) is 1.91. The minimum absolute atomic E-state index is 0.0847. The van der Waals surface area contributed by atoms with Crippen LogP contribution in [0.15, 0.2) is 24.3 Å². The van der Waals surface area contributed by atoms with Crippen molar-refractivity contribution < 1.29 is 9.59 Å². The van der Waals surface area contributed by atoms with Crippen molar-refractivity contribution in [3.05, 3.63) is 41.2 Å². The Kier molecular flexibility index (Phi) is 5.91.